The van der Waals surface area contributed by atoms with E-state index < -0.39 is 0 Å². The lowest BCUT2D eigenvalue weighted by Gasteiger charge is -2.10. The largest absolute Gasteiger partial charge is 0.454 e. The Morgan fingerprint density at radius 1 is 1.21 bits per heavy atom. The molecule has 0 aromatic heterocycles. The molecular weight excluding hydrogens is 390 g/mol. The molecule has 6 heteroatoms. The number of aryl methyl sites for hydroxylation is 2. The standard InChI is InChI=1S/C18H18BrNO3S/c1-11-3-4-12(2)15(5-11)20-18(21)9-24-8-13-6-16-17(7-14(13)19)23-10-22-16/h3-7H,8-10H2,1-2H3,(H,20,21). The van der Waals surface area contributed by atoms with Crippen LogP contribution in [0.1, 0.15) is 16.7 Å². The van der Waals surface area contributed by atoms with Gasteiger partial charge in [-0.3, -0.25) is 4.79 Å². The molecule has 3 rings (SSSR count). The molecule has 1 aliphatic heterocycles. The first-order chi connectivity index (χ1) is 11.5. The normalized spacial score (nSPS) is 12.3. The molecule has 2 aromatic rings. The summed E-state index contributed by atoms with van der Waals surface area (Å²) in [6, 6.07) is 9.92. The summed E-state index contributed by atoms with van der Waals surface area (Å²) in [5, 5.41) is 2.98. The number of hydrogen-bond donors (Lipinski definition) is 1. The van der Waals surface area contributed by atoms with Crippen molar-refractivity contribution in [1.82, 2.24) is 0 Å². The van der Waals surface area contributed by atoms with E-state index in [1.807, 2.05) is 44.2 Å². The Kier molecular flexibility index (Phi) is 5.36. The third-order valence-corrected chi connectivity index (χ3v) is 5.42. The van der Waals surface area contributed by atoms with E-state index >= 15 is 0 Å². The Bertz CT molecular complexity index is 779. The van der Waals surface area contributed by atoms with Crippen molar-refractivity contribution in [1.29, 1.82) is 0 Å². The van der Waals surface area contributed by atoms with Gasteiger partial charge in [-0.2, -0.15) is 0 Å². The van der Waals surface area contributed by atoms with Gasteiger partial charge in [-0.1, -0.05) is 28.1 Å². The Morgan fingerprint density at radius 2 is 1.96 bits per heavy atom. The van der Waals surface area contributed by atoms with Gasteiger partial charge in [0.15, 0.2) is 11.5 Å². The van der Waals surface area contributed by atoms with Gasteiger partial charge >= 0.3 is 0 Å². The van der Waals surface area contributed by atoms with Crippen molar-refractivity contribution in [2.45, 2.75) is 19.6 Å². The van der Waals surface area contributed by atoms with E-state index in [0.717, 1.165) is 44.1 Å². The highest BCUT2D eigenvalue weighted by Gasteiger charge is 2.16. The number of hydrogen-bond acceptors (Lipinski definition) is 4. The van der Waals surface area contributed by atoms with E-state index in [0.29, 0.717) is 5.75 Å². The molecule has 0 spiro atoms. The second-order valence-electron chi connectivity index (χ2n) is 5.66. The van der Waals surface area contributed by atoms with Crippen LogP contribution in [0.4, 0.5) is 5.69 Å². The second kappa shape index (κ2) is 7.49. The highest BCUT2D eigenvalue weighted by molar-refractivity contribution is 9.10. The van der Waals surface area contributed by atoms with Gasteiger partial charge in [0.2, 0.25) is 12.7 Å². The summed E-state index contributed by atoms with van der Waals surface area (Å²) >= 11 is 5.10. The summed E-state index contributed by atoms with van der Waals surface area (Å²) in [4.78, 5) is 12.1. The van der Waals surface area contributed by atoms with E-state index in [2.05, 4.69) is 21.2 Å². The highest BCUT2D eigenvalue weighted by atomic mass is 79.9. The monoisotopic (exact) mass is 407 g/mol. The maximum absolute atomic E-state index is 12.1. The maximum Gasteiger partial charge on any atom is 0.234 e. The van der Waals surface area contributed by atoms with Crippen molar-refractivity contribution in [2.75, 3.05) is 17.9 Å². The lowest BCUT2D eigenvalue weighted by atomic mass is 10.1. The molecule has 126 valence electrons. The number of anilines is 1. The molecule has 4 nitrogen and oxygen atoms in total. The Hall–Kier alpha value is -1.66. The average molecular weight is 408 g/mol. The molecule has 1 heterocycles. The molecule has 0 unspecified atom stereocenters. The summed E-state index contributed by atoms with van der Waals surface area (Å²) in [6.45, 7) is 4.27. The molecular formula is C18H18BrNO3S. The number of nitrogens with one attached hydrogen (secondary N) is 1. The number of thioether (sulfide) groups is 1. The number of benzene rings is 2. The van der Waals surface area contributed by atoms with Crippen LogP contribution < -0.4 is 14.8 Å². The smallest absolute Gasteiger partial charge is 0.234 e. The molecule has 0 saturated carbocycles. The van der Waals surface area contributed by atoms with Gasteiger partial charge in [-0.15, -0.1) is 11.8 Å². The number of rotatable bonds is 5. The van der Waals surface area contributed by atoms with Crippen LogP contribution >= 0.6 is 27.7 Å². The fraction of sp³-hybridized carbons (Fsp3) is 0.278. The van der Waals surface area contributed by atoms with E-state index in [9.17, 15) is 4.79 Å². The highest BCUT2D eigenvalue weighted by Crippen LogP contribution is 2.38. The number of ether oxygens (including phenoxy) is 2. The van der Waals surface area contributed by atoms with E-state index in [-0.39, 0.29) is 12.7 Å². The van der Waals surface area contributed by atoms with Crippen molar-refractivity contribution >= 4 is 39.3 Å². The van der Waals surface area contributed by atoms with E-state index in [1.165, 1.54) is 0 Å². The van der Waals surface area contributed by atoms with Gasteiger partial charge in [0.1, 0.15) is 0 Å². The van der Waals surface area contributed by atoms with Crippen LogP contribution in [-0.4, -0.2) is 18.5 Å². The first kappa shape index (κ1) is 17.2. The predicted octanol–water partition coefficient (Wildman–Crippen LogP) is 4.67. The first-order valence-electron chi connectivity index (χ1n) is 7.56. The summed E-state index contributed by atoms with van der Waals surface area (Å²) in [6.07, 6.45) is 0. The molecule has 24 heavy (non-hydrogen) atoms. The van der Waals surface area contributed by atoms with Gasteiger partial charge in [-0.05, 0) is 48.7 Å². The molecule has 1 amide bonds. The van der Waals surface area contributed by atoms with Gasteiger partial charge in [-0.25, -0.2) is 0 Å². The van der Waals surface area contributed by atoms with Crippen molar-refractivity contribution in [3.05, 3.63) is 51.5 Å². The van der Waals surface area contributed by atoms with Crippen LogP contribution in [0.2, 0.25) is 0 Å². The minimum absolute atomic E-state index is 0.00515. The van der Waals surface area contributed by atoms with E-state index in [1.54, 1.807) is 11.8 Å². The SMILES string of the molecule is Cc1ccc(C)c(NC(=O)CSCc2cc3c(cc2Br)OCO3)c1. The van der Waals surface area contributed by atoms with Crippen LogP contribution in [0.3, 0.4) is 0 Å². The molecule has 0 saturated heterocycles. The van der Waals surface area contributed by atoms with Gasteiger partial charge < -0.3 is 14.8 Å². The third kappa shape index (κ3) is 4.05. The summed E-state index contributed by atoms with van der Waals surface area (Å²) in [5.74, 6) is 2.63. The van der Waals surface area contributed by atoms with Crippen LogP contribution in [0.5, 0.6) is 11.5 Å². The number of carbonyl (C=O) groups is 1. The zero-order chi connectivity index (χ0) is 17.1. The van der Waals surface area contributed by atoms with Crippen molar-refractivity contribution in [3.8, 4) is 11.5 Å². The number of fused-ring (bicyclic) bond motifs is 1. The van der Waals surface area contributed by atoms with E-state index in [4.69, 9.17) is 9.47 Å². The molecule has 1 aliphatic rings. The molecule has 0 bridgehead atoms. The Labute approximate surface area is 154 Å². The number of amides is 1. The van der Waals surface area contributed by atoms with Gasteiger partial charge in [0, 0.05) is 15.9 Å². The Balaban J connectivity index is 1.55. The lowest BCUT2D eigenvalue weighted by Crippen LogP contribution is -2.15. The predicted molar refractivity (Wildman–Crippen MR) is 101 cm³/mol. The fourth-order valence-electron chi connectivity index (χ4n) is 2.38. The number of halogens is 1. The second-order valence-corrected chi connectivity index (χ2v) is 7.50. The zero-order valence-electron chi connectivity index (χ0n) is 13.5. The minimum atomic E-state index is 0.00515. The average Bonchev–Trinajstić information content (AvgIpc) is 2.98. The molecule has 0 aliphatic carbocycles. The minimum Gasteiger partial charge on any atom is -0.454 e. The molecule has 0 fully saturated rings. The van der Waals surface area contributed by atoms with Crippen LogP contribution in [0, 0.1) is 13.8 Å². The van der Waals surface area contributed by atoms with Crippen molar-refractivity contribution in [2.24, 2.45) is 0 Å². The quantitative estimate of drug-likeness (QED) is 0.782. The lowest BCUT2D eigenvalue weighted by molar-refractivity contribution is -0.113. The summed E-state index contributed by atoms with van der Waals surface area (Å²) in [7, 11) is 0. The van der Waals surface area contributed by atoms with Gasteiger partial charge in [0.25, 0.3) is 0 Å². The molecule has 2 aromatic carbocycles. The van der Waals surface area contributed by atoms with Crippen molar-refractivity contribution in [3.63, 3.8) is 0 Å². The zero-order valence-corrected chi connectivity index (χ0v) is 15.9. The molecule has 0 atom stereocenters. The summed E-state index contributed by atoms with van der Waals surface area (Å²) in [5.41, 5.74) is 4.17. The topological polar surface area (TPSA) is 47.6 Å². The van der Waals surface area contributed by atoms with Crippen LogP contribution in [0.15, 0.2) is 34.8 Å². The van der Waals surface area contributed by atoms with Crippen LogP contribution in [-0.2, 0) is 10.5 Å². The van der Waals surface area contributed by atoms with Crippen LogP contribution in [0.25, 0.3) is 0 Å². The molecule has 0 radical (unpaired) electrons. The van der Waals surface area contributed by atoms with Crippen molar-refractivity contribution < 1.29 is 14.3 Å². The van der Waals surface area contributed by atoms with Gasteiger partial charge in [0.05, 0.1) is 5.75 Å². The first-order valence-corrected chi connectivity index (χ1v) is 9.50. The number of carbonyl (C=O) groups excluding carboxylic acids is 1. The maximum atomic E-state index is 12.1. The molecule has 1 N–H and O–H groups in total. The Morgan fingerprint density at radius 3 is 2.75 bits per heavy atom. The fourth-order valence-corrected chi connectivity index (χ4v) is 3.85. The summed E-state index contributed by atoms with van der Waals surface area (Å²) < 4.78 is 11.7. The third-order valence-electron chi connectivity index (χ3n) is 3.70.